The van der Waals surface area contributed by atoms with E-state index >= 15 is 0 Å². The quantitative estimate of drug-likeness (QED) is 0.373. The second-order valence-electron chi connectivity index (χ2n) is 6.90. The predicted octanol–water partition coefficient (Wildman–Crippen LogP) is 6.63. The fourth-order valence-corrected chi connectivity index (χ4v) is 3.39. The number of pyridine rings is 1. The molecule has 0 saturated carbocycles. The van der Waals surface area contributed by atoms with Crippen LogP contribution < -0.4 is 10.6 Å². The Hall–Kier alpha value is -3.52. The van der Waals surface area contributed by atoms with E-state index in [1.54, 1.807) is 18.2 Å². The minimum absolute atomic E-state index is 0.0267. The van der Waals surface area contributed by atoms with E-state index in [4.69, 9.17) is 11.6 Å². The van der Waals surface area contributed by atoms with Crippen LogP contribution in [0.3, 0.4) is 0 Å². The number of urea groups is 1. The SMILES string of the molecule is Cc1cccn2cc(-c3cccc(NC(=O)Nc4ccc(Cl)c(C(F)(F)F)c4)c3)nc12. The van der Waals surface area contributed by atoms with Crippen LogP contribution in [0.1, 0.15) is 11.1 Å². The maximum atomic E-state index is 13.0. The molecule has 4 aromatic rings. The first kappa shape index (κ1) is 20.7. The maximum absolute atomic E-state index is 13.0. The summed E-state index contributed by atoms with van der Waals surface area (Å²) in [7, 11) is 0. The van der Waals surface area contributed by atoms with Crippen LogP contribution in [0.4, 0.5) is 29.3 Å². The molecule has 0 aliphatic heterocycles. The smallest absolute Gasteiger partial charge is 0.308 e. The molecule has 9 heteroatoms. The summed E-state index contributed by atoms with van der Waals surface area (Å²) in [5.74, 6) is 0. The number of carbonyl (C=O) groups excluding carboxylic acids is 1. The summed E-state index contributed by atoms with van der Waals surface area (Å²) in [6.07, 6.45) is -0.838. The van der Waals surface area contributed by atoms with Gasteiger partial charge in [-0.05, 0) is 48.9 Å². The summed E-state index contributed by atoms with van der Waals surface area (Å²) < 4.78 is 40.9. The van der Waals surface area contributed by atoms with E-state index in [9.17, 15) is 18.0 Å². The zero-order valence-electron chi connectivity index (χ0n) is 16.2. The van der Waals surface area contributed by atoms with Gasteiger partial charge in [0.15, 0.2) is 0 Å². The van der Waals surface area contributed by atoms with Crippen molar-refractivity contribution >= 4 is 34.7 Å². The number of carbonyl (C=O) groups is 1. The average molecular weight is 445 g/mol. The Morgan fingerprint density at radius 1 is 1.03 bits per heavy atom. The minimum atomic E-state index is -4.62. The molecule has 31 heavy (non-hydrogen) atoms. The molecule has 4 rings (SSSR count). The number of imidazole rings is 1. The summed E-state index contributed by atoms with van der Waals surface area (Å²) >= 11 is 5.61. The van der Waals surface area contributed by atoms with Gasteiger partial charge in [0.1, 0.15) is 5.65 Å². The topological polar surface area (TPSA) is 58.4 Å². The lowest BCUT2D eigenvalue weighted by atomic mass is 10.1. The van der Waals surface area contributed by atoms with Crippen molar-refractivity contribution in [2.45, 2.75) is 13.1 Å². The highest BCUT2D eigenvalue weighted by molar-refractivity contribution is 6.31. The maximum Gasteiger partial charge on any atom is 0.417 e. The van der Waals surface area contributed by atoms with Crippen LogP contribution in [-0.2, 0) is 6.18 Å². The Balaban J connectivity index is 1.52. The molecule has 2 aromatic heterocycles. The van der Waals surface area contributed by atoms with Crippen LogP contribution in [-0.4, -0.2) is 15.4 Å². The van der Waals surface area contributed by atoms with E-state index in [2.05, 4.69) is 15.6 Å². The van der Waals surface area contributed by atoms with Crippen molar-refractivity contribution in [3.8, 4) is 11.3 Å². The molecule has 2 aromatic carbocycles. The average Bonchev–Trinajstić information content (AvgIpc) is 3.15. The third-order valence-electron chi connectivity index (χ3n) is 4.62. The number of benzene rings is 2. The van der Waals surface area contributed by atoms with Crippen LogP contribution in [0.5, 0.6) is 0 Å². The van der Waals surface area contributed by atoms with Gasteiger partial charge < -0.3 is 15.0 Å². The highest BCUT2D eigenvalue weighted by atomic mass is 35.5. The molecule has 0 radical (unpaired) electrons. The van der Waals surface area contributed by atoms with Gasteiger partial charge >= 0.3 is 12.2 Å². The molecule has 0 aliphatic carbocycles. The van der Waals surface area contributed by atoms with Crippen molar-refractivity contribution in [1.82, 2.24) is 9.38 Å². The first-order valence-electron chi connectivity index (χ1n) is 9.20. The third-order valence-corrected chi connectivity index (χ3v) is 4.95. The zero-order chi connectivity index (χ0) is 22.2. The fourth-order valence-electron chi connectivity index (χ4n) is 3.16. The van der Waals surface area contributed by atoms with Crippen LogP contribution in [0, 0.1) is 6.92 Å². The molecule has 0 unspecified atom stereocenters. The van der Waals surface area contributed by atoms with Gasteiger partial charge in [-0.1, -0.05) is 29.8 Å². The molecule has 2 heterocycles. The molecule has 5 nitrogen and oxygen atoms in total. The van der Waals surface area contributed by atoms with Gasteiger partial charge in [-0.15, -0.1) is 0 Å². The number of anilines is 2. The molecule has 0 spiro atoms. The standard InChI is InChI=1S/C22H16ClF3N4O/c1-13-4-3-9-30-12-19(29-20(13)30)14-5-2-6-15(10-14)27-21(31)28-16-7-8-18(23)17(11-16)22(24,25)26/h2-12H,1H3,(H2,27,28,31). The number of nitrogens with zero attached hydrogens (tertiary/aromatic N) is 2. The molecule has 0 aliphatic rings. The number of hydrogen-bond donors (Lipinski definition) is 2. The first-order valence-corrected chi connectivity index (χ1v) is 9.58. The van der Waals surface area contributed by atoms with Gasteiger partial charge in [-0.3, -0.25) is 0 Å². The summed E-state index contributed by atoms with van der Waals surface area (Å²) in [5, 5.41) is 4.57. The second-order valence-corrected chi connectivity index (χ2v) is 7.31. The van der Waals surface area contributed by atoms with Gasteiger partial charge in [-0.25, -0.2) is 9.78 Å². The lowest BCUT2D eigenvalue weighted by Gasteiger charge is -2.12. The number of aromatic nitrogens is 2. The number of aryl methyl sites for hydroxylation is 1. The van der Waals surface area contributed by atoms with Crippen LogP contribution in [0.15, 0.2) is 67.0 Å². The monoisotopic (exact) mass is 444 g/mol. The minimum Gasteiger partial charge on any atom is -0.308 e. The van der Waals surface area contributed by atoms with Gasteiger partial charge in [-0.2, -0.15) is 13.2 Å². The lowest BCUT2D eigenvalue weighted by Crippen LogP contribution is -2.20. The van der Waals surface area contributed by atoms with E-state index < -0.39 is 22.8 Å². The number of rotatable bonds is 3. The molecule has 158 valence electrons. The van der Waals surface area contributed by atoms with Gasteiger partial charge in [0.25, 0.3) is 0 Å². The van der Waals surface area contributed by atoms with Crippen LogP contribution in [0.25, 0.3) is 16.9 Å². The Morgan fingerprint density at radius 2 is 1.77 bits per heavy atom. The van der Waals surface area contributed by atoms with E-state index in [1.807, 2.05) is 41.9 Å². The Bertz CT molecular complexity index is 1280. The predicted molar refractivity (Wildman–Crippen MR) is 114 cm³/mol. The Labute approximate surface area is 180 Å². The van der Waals surface area contributed by atoms with Gasteiger partial charge in [0, 0.05) is 29.3 Å². The molecule has 0 fully saturated rings. The fraction of sp³-hybridized carbons (Fsp3) is 0.0909. The summed E-state index contributed by atoms with van der Waals surface area (Å²) in [4.78, 5) is 16.9. The number of hydrogen-bond acceptors (Lipinski definition) is 2. The van der Waals surface area contributed by atoms with Crippen molar-refractivity contribution < 1.29 is 18.0 Å². The second kappa shape index (κ2) is 7.96. The largest absolute Gasteiger partial charge is 0.417 e. The van der Waals surface area contributed by atoms with Crippen molar-refractivity contribution in [2.75, 3.05) is 10.6 Å². The van der Waals surface area contributed by atoms with Crippen molar-refractivity contribution in [3.63, 3.8) is 0 Å². The van der Waals surface area contributed by atoms with Crippen molar-refractivity contribution in [3.05, 3.63) is 83.1 Å². The number of fused-ring (bicyclic) bond motifs is 1. The zero-order valence-corrected chi connectivity index (χ0v) is 16.9. The van der Waals surface area contributed by atoms with E-state index in [0.29, 0.717) is 5.69 Å². The summed E-state index contributed by atoms with van der Waals surface area (Å²) in [6.45, 7) is 1.97. The first-order chi connectivity index (χ1) is 14.7. The molecular formula is C22H16ClF3N4O. The number of nitrogens with one attached hydrogen (secondary N) is 2. The number of halogens is 4. The van der Waals surface area contributed by atoms with E-state index in [0.717, 1.165) is 34.6 Å². The highest BCUT2D eigenvalue weighted by Gasteiger charge is 2.33. The molecular weight excluding hydrogens is 429 g/mol. The van der Waals surface area contributed by atoms with E-state index in [1.165, 1.54) is 6.07 Å². The van der Waals surface area contributed by atoms with E-state index in [-0.39, 0.29) is 5.69 Å². The van der Waals surface area contributed by atoms with Crippen LogP contribution in [0.2, 0.25) is 5.02 Å². The number of alkyl halides is 3. The molecule has 0 bridgehead atoms. The van der Waals surface area contributed by atoms with Crippen molar-refractivity contribution in [1.29, 1.82) is 0 Å². The molecule has 2 N–H and O–H groups in total. The van der Waals surface area contributed by atoms with Gasteiger partial charge in [0.2, 0.25) is 0 Å². The Kier molecular flexibility index (Phi) is 5.32. The lowest BCUT2D eigenvalue weighted by molar-refractivity contribution is -0.137. The van der Waals surface area contributed by atoms with Gasteiger partial charge in [0.05, 0.1) is 16.3 Å². The molecule has 0 saturated heterocycles. The van der Waals surface area contributed by atoms with Crippen molar-refractivity contribution in [2.24, 2.45) is 0 Å². The highest BCUT2D eigenvalue weighted by Crippen LogP contribution is 2.36. The normalized spacial score (nSPS) is 11.5. The molecule has 0 atom stereocenters. The number of amides is 2. The third kappa shape index (κ3) is 4.49. The summed E-state index contributed by atoms with van der Waals surface area (Å²) in [6, 6.07) is 13.4. The molecule has 2 amide bonds. The summed E-state index contributed by atoms with van der Waals surface area (Å²) in [5.41, 5.74) is 2.80. The van der Waals surface area contributed by atoms with Crippen LogP contribution >= 0.6 is 11.6 Å². The Morgan fingerprint density at radius 3 is 2.48 bits per heavy atom.